The molecular formula is C18H25NO3. The summed E-state index contributed by atoms with van der Waals surface area (Å²) in [5, 5.41) is 8.86. The van der Waals surface area contributed by atoms with Crippen LogP contribution in [0.5, 0.6) is 0 Å². The zero-order chi connectivity index (χ0) is 16.3. The number of hydrogen-bond donors (Lipinski definition) is 1. The molecule has 22 heavy (non-hydrogen) atoms. The summed E-state index contributed by atoms with van der Waals surface area (Å²) >= 11 is 0. The highest BCUT2D eigenvalue weighted by atomic mass is 16.4. The van der Waals surface area contributed by atoms with Crippen molar-refractivity contribution in [2.45, 2.75) is 39.5 Å². The van der Waals surface area contributed by atoms with Crippen LogP contribution in [0.4, 0.5) is 0 Å². The smallest absolute Gasteiger partial charge is 0.305 e. The predicted octanol–water partition coefficient (Wildman–Crippen LogP) is 3.06. The van der Waals surface area contributed by atoms with E-state index in [2.05, 4.69) is 19.1 Å². The van der Waals surface area contributed by atoms with Crippen LogP contribution in [0, 0.1) is 18.8 Å². The first-order valence-electron chi connectivity index (χ1n) is 7.96. The zero-order valence-corrected chi connectivity index (χ0v) is 13.6. The molecule has 0 spiro atoms. The first-order valence-corrected chi connectivity index (χ1v) is 7.96. The van der Waals surface area contributed by atoms with Gasteiger partial charge in [0.25, 0.3) is 0 Å². The molecule has 0 radical (unpaired) electrons. The Labute approximate surface area is 132 Å². The summed E-state index contributed by atoms with van der Waals surface area (Å²) in [6.07, 6.45) is 0.894. The van der Waals surface area contributed by atoms with Gasteiger partial charge in [-0.3, -0.25) is 9.59 Å². The van der Waals surface area contributed by atoms with E-state index in [-0.39, 0.29) is 18.2 Å². The fourth-order valence-corrected chi connectivity index (χ4v) is 3.01. The second-order valence-corrected chi connectivity index (χ2v) is 6.63. The Morgan fingerprint density at radius 2 is 2.00 bits per heavy atom. The molecular weight excluding hydrogens is 278 g/mol. The molecule has 1 aliphatic rings. The Morgan fingerprint density at radius 3 is 2.59 bits per heavy atom. The van der Waals surface area contributed by atoms with Gasteiger partial charge in [0.2, 0.25) is 5.91 Å². The van der Waals surface area contributed by atoms with Gasteiger partial charge in [0.05, 0.1) is 6.42 Å². The lowest BCUT2D eigenvalue weighted by atomic mass is 10.0. The summed E-state index contributed by atoms with van der Waals surface area (Å²) in [5.74, 6) is -0.0775. The van der Waals surface area contributed by atoms with Crippen molar-refractivity contribution in [3.63, 3.8) is 0 Å². The topological polar surface area (TPSA) is 57.6 Å². The molecule has 4 nitrogen and oxygen atoms in total. The standard InChI is InChI=1S/C18H25NO3/c1-12(2)11-19(9-8-17(20)21)18(22)16-10-15(16)14-7-5-4-6-13(14)3/h4-7,12,15-16H,8-11H2,1-3H3,(H,20,21). The molecule has 0 saturated heterocycles. The molecule has 4 heteroatoms. The van der Waals surface area contributed by atoms with E-state index in [0.717, 1.165) is 6.42 Å². The second-order valence-electron chi connectivity index (χ2n) is 6.63. The lowest BCUT2D eigenvalue weighted by Gasteiger charge is -2.24. The number of nitrogens with zero attached hydrogens (tertiary/aromatic N) is 1. The average molecular weight is 303 g/mol. The van der Waals surface area contributed by atoms with Crippen molar-refractivity contribution in [2.75, 3.05) is 13.1 Å². The number of carbonyl (C=O) groups is 2. The highest BCUT2D eigenvalue weighted by Crippen LogP contribution is 2.49. The first-order chi connectivity index (χ1) is 10.4. The van der Waals surface area contributed by atoms with Gasteiger partial charge in [-0.25, -0.2) is 0 Å². The van der Waals surface area contributed by atoms with Gasteiger partial charge < -0.3 is 10.0 Å². The van der Waals surface area contributed by atoms with Gasteiger partial charge in [0, 0.05) is 19.0 Å². The number of benzene rings is 1. The SMILES string of the molecule is Cc1ccccc1C1CC1C(=O)N(CCC(=O)O)CC(C)C. The number of aliphatic carboxylic acids is 1. The lowest BCUT2D eigenvalue weighted by molar-refractivity contribution is -0.139. The summed E-state index contributed by atoms with van der Waals surface area (Å²) in [4.78, 5) is 25.2. The number of hydrogen-bond acceptors (Lipinski definition) is 2. The summed E-state index contributed by atoms with van der Waals surface area (Å²) in [6, 6.07) is 8.19. The molecule has 1 fully saturated rings. The maximum Gasteiger partial charge on any atom is 0.305 e. The highest BCUT2D eigenvalue weighted by molar-refractivity contribution is 5.83. The normalized spacial score (nSPS) is 20.0. The van der Waals surface area contributed by atoms with Crippen molar-refractivity contribution in [1.29, 1.82) is 0 Å². The minimum atomic E-state index is -0.854. The Bertz CT molecular complexity index is 553. The Morgan fingerprint density at radius 1 is 1.32 bits per heavy atom. The Hall–Kier alpha value is -1.84. The van der Waals surface area contributed by atoms with E-state index < -0.39 is 5.97 Å². The average Bonchev–Trinajstić information content (AvgIpc) is 3.23. The minimum absolute atomic E-state index is 0.0141. The summed E-state index contributed by atoms with van der Waals surface area (Å²) in [5.41, 5.74) is 2.48. The third-order valence-corrected chi connectivity index (χ3v) is 4.19. The van der Waals surface area contributed by atoms with Crippen molar-refractivity contribution >= 4 is 11.9 Å². The number of carbonyl (C=O) groups excluding carboxylic acids is 1. The molecule has 1 saturated carbocycles. The van der Waals surface area contributed by atoms with Gasteiger partial charge >= 0.3 is 5.97 Å². The molecule has 0 aromatic heterocycles. The number of carboxylic acid groups (broad SMARTS) is 1. The van der Waals surface area contributed by atoms with E-state index in [9.17, 15) is 9.59 Å². The lowest BCUT2D eigenvalue weighted by Crippen LogP contribution is -2.37. The van der Waals surface area contributed by atoms with E-state index in [1.54, 1.807) is 4.90 Å². The molecule has 0 aliphatic heterocycles. The number of rotatable bonds is 7. The number of aryl methyl sites for hydroxylation is 1. The first kappa shape index (κ1) is 16.5. The fraction of sp³-hybridized carbons (Fsp3) is 0.556. The monoisotopic (exact) mass is 303 g/mol. The summed E-state index contributed by atoms with van der Waals surface area (Å²) in [6.45, 7) is 7.11. The van der Waals surface area contributed by atoms with E-state index in [0.29, 0.717) is 24.9 Å². The van der Waals surface area contributed by atoms with Gasteiger partial charge in [0.1, 0.15) is 0 Å². The van der Waals surface area contributed by atoms with Gasteiger partial charge in [-0.2, -0.15) is 0 Å². The van der Waals surface area contributed by atoms with E-state index in [1.807, 2.05) is 26.0 Å². The maximum atomic E-state index is 12.7. The number of carboxylic acids is 1. The van der Waals surface area contributed by atoms with Gasteiger partial charge in [-0.15, -0.1) is 0 Å². The quantitative estimate of drug-likeness (QED) is 0.842. The molecule has 1 aromatic rings. The van der Waals surface area contributed by atoms with E-state index >= 15 is 0 Å². The van der Waals surface area contributed by atoms with Crippen LogP contribution in [-0.2, 0) is 9.59 Å². The molecule has 1 aromatic carbocycles. The second kappa shape index (κ2) is 6.95. The van der Waals surface area contributed by atoms with Gasteiger partial charge in [0.15, 0.2) is 0 Å². The van der Waals surface area contributed by atoms with Crippen LogP contribution >= 0.6 is 0 Å². The van der Waals surface area contributed by atoms with Crippen molar-refractivity contribution in [1.82, 2.24) is 4.90 Å². The summed E-state index contributed by atoms with van der Waals surface area (Å²) < 4.78 is 0. The molecule has 2 rings (SSSR count). The van der Waals surface area contributed by atoms with Crippen LogP contribution in [0.3, 0.4) is 0 Å². The Kier molecular flexibility index (Phi) is 5.22. The minimum Gasteiger partial charge on any atom is -0.481 e. The molecule has 0 bridgehead atoms. The van der Waals surface area contributed by atoms with E-state index in [4.69, 9.17) is 5.11 Å². The van der Waals surface area contributed by atoms with Crippen LogP contribution in [0.2, 0.25) is 0 Å². The van der Waals surface area contributed by atoms with Crippen LogP contribution in [-0.4, -0.2) is 35.0 Å². The van der Waals surface area contributed by atoms with Crippen LogP contribution in [0.1, 0.15) is 43.7 Å². The maximum absolute atomic E-state index is 12.7. The molecule has 2 atom stereocenters. The number of amides is 1. The van der Waals surface area contributed by atoms with Crippen LogP contribution in [0.25, 0.3) is 0 Å². The van der Waals surface area contributed by atoms with E-state index in [1.165, 1.54) is 11.1 Å². The predicted molar refractivity (Wildman–Crippen MR) is 85.7 cm³/mol. The molecule has 1 N–H and O–H groups in total. The highest BCUT2D eigenvalue weighted by Gasteiger charge is 2.46. The third-order valence-electron chi connectivity index (χ3n) is 4.19. The van der Waals surface area contributed by atoms with Crippen molar-refractivity contribution in [3.05, 3.63) is 35.4 Å². The van der Waals surface area contributed by atoms with Crippen LogP contribution in [0.15, 0.2) is 24.3 Å². The van der Waals surface area contributed by atoms with Crippen molar-refractivity contribution < 1.29 is 14.7 Å². The molecule has 120 valence electrons. The molecule has 0 heterocycles. The largest absolute Gasteiger partial charge is 0.481 e. The molecule has 2 unspecified atom stereocenters. The molecule has 1 amide bonds. The van der Waals surface area contributed by atoms with Crippen molar-refractivity contribution in [2.24, 2.45) is 11.8 Å². The zero-order valence-electron chi connectivity index (χ0n) is 13.6. The fourth-order valence-electron chi connectivity index (χ4n) is 3.01. The van der Waals surface area contributed by atoms with Crippen molar-refractivity contribution in [3.8, 4) is 0 Å². The summed E-state index contributed by atoms with van der Waals surface area (Å²) in [7, 11) is 0. The van der Waals surface area contributed by atoms with Gasteiger partial charge in [-0.1, -0.05) is 38.1 Å². The molecule has 1 aliphatic carbocycles. The third kappa shape index (κ3) is 4.09. The van der Waals surface area contributed by atoms with Crippen LogP contribution < -0.4 is 0 Å². The van der Waals surface area contributed by atoms with Gasteiger partial charge in [-0.05, 0) is 36.3 Å². The Balaban J connectivity index is 2.02.